The topological polar surface area (TPSA) is 70.8 Å². The van der Waals surface area contributed by atoms with Crippen molar-refractivity contribution in [2.75, 3.05) is 13.2 Å². The molecule has 0 heterocycles. The van der Waals surface area contributed by atoms with Crippen LogP contribution in [-0.4, -0.2) is 26.0 Å². The van der Waals surface area contributed by atoms with Crippen LogP contribution in [0.2, 0.25) is 0 Å². The minimum Gasteiger partial charge on any atom is -0.373 e. The summed E-state index contributed by atoms with van der Waals surface area (Å²) in [5, 5.41) is 10.9. The standard InChI is InChI=1S/C12H13BNO5P/c1-3-17-20(18-4-2)19-9-8-10-11(13)6-5-7-12(10)14(15)16/h5-7H,3-4H2,1-2H3. The van der Waals surface area contributed by atoms with Crippen molar-refractivity contribution in [2.24, 2.45) is 0 Å². The Kier molecular flexibility index (Phi) is 7.03. The molecular formula is C12H13BNO5P. The average Bonchev–Trinajstić information content (AvgIpc) is 2.40. The largest absolute Gasteiger partial charge is 0.406 e. The molecule has 0 saturated heterocycles. The van der Waals surface area contributed by atoms with Crippen LogP contribution in [0.5, 0.6) is 0 Å². The molecule has 0 amide bonds. The zero-order chi connectivity index (χ0) is 15.0. The predicted octanol–water partition coefficient (Wildman–Crippen LogP) is 2.01. The third-order valence-electron chi connectivity index (χ3n) is 2.04. The van der Waals surface area contributed by atoms with Gasteiger partial charge in [0.15, 0.2) is 0 Å². The lowest BCUT2D eigenvalue weighted by Crippen LogP contribution is -2.10. The molecule has 1 aromatic rings. The lowest BCUT2D eigenvalue weighted by molar-refractivity contribution is -0.385. The molecule has 20 heavy (non-hydrogen) atoms. The summed E-state index contributed by atoms with van der Waals surface area (Å²) in [4.78, 5) is 10.3. The van der Waals surface area contributed by atoms with Crippen LogP contribution in [0.4, 0.5) is 5.69 Å². The highest BCUT2D eigenvalue weighted by molar-refractivity contribution is 7.41. The Morgan fingerprint density at radius 3 is 2.55 bits per heavy atom. The lowest BCUT2D eigenvalue weighted by atomic mass is 9.90. The van der Waals surface area contributed by atoms with E-state index >= 15 is 0 Å². The molecule has 6 nitrogen and oxygen atoms in total. The van der Waals surface area contributed by atoms with Crippen LogP contribution in [0.3, 0.4) is 0 Å². The average molecular weight is 293 g/mol. The van der Waals surface area contributed by atoms with E-state index in [-0.39, 0.29) is 16.7 Å². The molecular weight excluding hydrogens is 280 g/mol. The minimum atomic E-state index is -1.58. The van der Waals surface area contributed by atoms with Crippen molar-refractivity contribution >= 4 is 27.6 Å². The van der Waals surface area contributed by atoms with Gasteiger partial charge < -0.3 is 13.6 Å². The molecule has 0 saturated carbocycles. The first-order chi connectivity index (χ1) is 9.60. The zero-order valence-electron chi connectivity index (χ0n) is 11.2. The van der Waals surface area contributed by atoms with Gasteiger partial charge in [0.1, 0.15) is 14.0 Å². The van der Waals surface area contributed by atoms with Gasteiger partial charge in [0.25, 0.3) is 5.69 Å². The van der Waals surface area contributed by atoms with Gasteiger partial charge in [-0.3, -0.25) is 10.1 Å². The Morgan fingerprint density at radius 1 is 1.35 bits per heavy atom. The zero-order valence-corrected chi connectivity index (χ0v) is 12.1. The number of nitrogens with zero attached hydrogens (tertiary/aromatic N) is 1. The van der Waals surface area contributed by atoms with Gasteiger partial charge in [-0.15, -0.1) is 0 Å². The summed E-state index contributed by atoms with van der Waals surface area (Å²) >= 11 is 0. The van der Waals surface area contributed by atoms with E-state index in [1.807, 2.05) is 0 Å². The van der Waals surface area contributed by atoms with Gasteiger partial charge in [-0.05, 0) is 19.8 Å². The van der Waals surface area contributed by atoms with E-state index in [4.69, 9.17) is 21.4 Å². The maximum atomic E-state index is 10.9. The molecule has 0 N–H and O–H groups in total. The Balaban J connectivity index is 2.88. The van der Waals surface area contributed by atoms with E-state index in [1.165, 1.54) is 18.2 Å². The highest BCUT2D eigenvalue weighted by Crippen LogP contribution is 2.38. The van der Waals surface area contributed by atoms with Gasteiger partial charge in [-0.2, -0.15) is 0 Å². The molecule has 0 aromatic heterocycles. The Morgan fingerprint density at radius 2 is 2.00 bits per heavy atom. The second-order valence-electron chi connectivity index (χ2n) is 3.38. The van der Waals surface area contributed by atoms with Crippen LogP contribution >= 0.6 is 8.60 Å². The summed E-state index contributed by atoms with van der Waals surface area (Å²) in [5.41, 5.74) is 0.158. The van der Waals surface area contributed by atoms with Crippen molar-refractivity contribution in [2.45, 2.75) is 13.8 Å². The molecule has 1 aromatic carbocycles. The molecule has 0 unspecified atom stereocenters. The van der Waals surface area contributed by atoms with Gasteiger partial charge >= 0.3 is 8.60 Å². The van der Waals surface area contributed by atoms with E-state index in [0.717, 1.165) is 0 Å². The summed E-state index contributed by atoms with van der Waals surface area (Å²) in [6, 6.07) is 4.35. The second kappa shape index (κ2) is 8.54. The molecule has 104 valence electrons. The molecule has 0 spiro atoms. The number of benzene rings is 1. The van der Waals surface area contributed by atoms with Crippen molar-refractivity contribution in [1.29, 1.82) is 0 Å². The van der Waals surface area contributed by atoms with Crippen LogP contribution in [0.15, 0.2) is 18.2 Å². The van der Waals surface area contributed by atoms with E-state index in [9.17, 15) is 10.1 Å². The maximum absolute atomic E-state index is 10.9. The van der Waals surface area contributed by atoms with Crippen LogP contribution in [0, 0.1) is 22.1 Å². The first kappa shape index (κ1) is 16.4. The Bertz CT molecular complexity index is 522. The fourth-order valence-corrected chi connectivity index (χ4v) is 1.98. The second-order valence-corrected chi connectivity index (χ2v) is 4.52. The first-order valence-electron chi connectivity index (χ1n) is 5.86. The van der Waals surface area contributed by atoms with Gasteiger partial charge in [0, 0.05) is 6.07 Å². The molecule has 1 rings (SSSR count). The smallest absolute Gasteiger partial charge is 0.373 e. The molecule has 8 heteroatoms. The quantitative estimate of drug-likeness (QED) is 0.264. The summed E-state index contributed by atoms with van der Waals surface area (Å²) in [5.74, 6) is 2.53. The molecule has 0 bridgehead atoms. The summed E-state index contributed by atoms with van der Waals surface area (Å²) < 4.78 is 15.5. The maximum Gasteiger partial charge on any atom is 0.406 e. The number of nitro groups is 1. The molecule has 0 aliphatic rings. The SMILES string of the molecule is [B]c1cccc([N+](=O)[O-])c1C#COP(OCC)OCC. The summed E-state index contributed by atoms with van der Waals surface area (Å²) in [6.45, 7) is 4.43. The lowest BCUT2D eigenvalue weighted by Gasteiger charge is -2.10. The summed E-state index contributed by atoms with van der Waals surface area (Å²) in [7, 11) is 4.10. The molecule has 0 fully saturated rings. The van der Waals surface area contributed by atoms with Crippen LogP contribution in [-0.2, 0) is 13.6 Å². The molecule has 2 radical (unpaired) electrons. The van der Waals surface area contributed by atoms with E-state index < -0.39 is 13.5 Å². The predicted molar refractivity (Wildman–Crippen MR) is 76.6 cm³/mol. The minimum absolute atomic E-state index is 0.112. The normalized spacial score (nSPS) is 9.95. The first-order valence-corrected chi connectivity index (χ1v) is 6.96. The highest BCUT2D eigenvalue weighted by Gasteiger charge is 2.14. The van der Waals surface area contributed by atoms with Crippen molar-refractivity contribution in [3.8, 4) is 12.0 Å². The van der Waals surface area contributed by atoms with E-state index in [1.54, 1.807) is 13.8 Å². The fraction of sp³-hybridized carbons (Fsp3) is 0.333. The van der Waals surface area contributed by atoms with Crippen molar-refractivity contribution in [3.05, 3.63) is 33.9 Å². The van der Waals surface area contributed by atoms with Gasteiger partial charge in [-0.1, -0.05) is 17.6 Å². The number of hydrogen-bond acceptors (Lipinski definition) is 5. The van der Waals surface area contributed by atoms with E-state index in [0.29, 0.717) is 13.2 Å². The van der Waals surface area contributed by atoms with Gasteiger partial charge in [0.2, 0.25) is 0 Å². The van der Waals surface area contributed by atoms with Crippen LogP contribution < -0.4 is 5.46 Å². The third-order valence-corrected chi connectivity index (χ3v) is 3.22. The molecule has 0 atom stereocenters. The highest BCUT2D eigenvalue weighted by atomic mass is 31.2. The van der Waals surface area contributed by atoms with Crippen molar-refractivity contribution in [1.82, 2.24) is 0 Å². The monoisotopic (exact) mass is 293 g/mol. The van der Waals surface area contributed by atoms with Crippen LogP contribution in [0.1, 0.15) is 19.4 Å². The van der Waals surface area contributed by atoms with Crippen molar-refractivity contribution < 1.29 is 18.5 Å². The fourth-order valence-electron chi connectivity index (χ4n) is 1.26. The summed E-state index contributed by atoms with van der Waals surface area (Å²) in [6.07, 6.45) is 2.35. The third kappa shape index (κ3) is 4.82. The number of nitro benzene ring substituents is 1. The molecule has 0 aliphatic carbocycles. The van der Waals surface area contributed by atoms with Gasteiger partial charge in [0.05, 0.1) is 23.7 Å². The van der Waals surface area contributed by atoms with Crippen LogP contribution in [0.25, 0.3) is 0 Å². The van der Waals surface area contributed by atoms with E-state index in [2.05, 4.69) is 12.0 Å². The Labute approximate surface area is 120 Å². The van der Waals surface area contributed by atoms with Crippen molar-refractivity contribution in [3.63, 3.8) is 0 Å². The van der Waals surface area contributed by atoms with Gasteiger partial charge in [-0.25, -0.2) is 0 Å². The molecule has 0 aliphatic heterocycles. The Hall–Kier alpha value is -1.61. The number of rotatable bonds is 6. The number of hydrogen-bond donors (Lipinski definition) is 0.